The second-order valence-corrected chi connectivity index (χ2v) is 2.08. The molecule has 0 heterocycles. The van der Waals surface area contributed by atoms with Crippen molar-refractivity contribution in [2.24, 2.45) is 0 Å². The molecular formula is C7H13FO. The van der Waals surface area contributed by atoms with Crippen LogP contribution in [-0.2, 0) is 0 Å². The van der Waals surface area contributed by atoms with Crippen LogP contribution in [0.2, 0.25) is 0 Å². The summed E-state index contributed by atoms with van der Waals surface area (Å²) in [5.74, 6) is 0. The number of alkyl halides is 1. The molecule has 9 heavy (non-hydrogen) atoms. The van der Waals surface area contributed by atoms with Crippen LogP contribution in [0.15, 0.2) is 11.6 Å². The van der Waals surface area contributed by atoms with Crippen molar-refractivity contribution in [2.45, 2.75) is 33.0 Å². The Morgan fingerprint density at radius 1 is 1.56 bits per heavy atom. The molecule has 54 valence electrons. The number of allylic oxidation sites excluding steroid dienone is 1. The first kappa shape index (κ1) is 8.63. The van der Waals surface area contributed by atoms with Crippen molar-refractivity contribution in [3.05, 3.63) is 11.6 Å². The molecule has 1 N–H and O–H groups in total. The lowest BCUT2D eigenvalue weighted by atomic mass is 10.1. The van der Waals surface area contributed by atoms with Crippen molar-refractivity contribution in [3.8, 4) is 0 Å². The summed E-state index contributed by atoms with van der Waals surface area (Å²) in [6.07, 6.45) is -0.0833. The van der Waals surface area contributed by atoms with Crippen molar-refractivity contribution in [1.82, 2.24) is 0 Å². The quantitative estimate of drug-likeness (QED) is 0.567. The van der Waals surface area contributed by atoms with Crippen LogP contribution in [0.25, 0.3) is 0 Å². The lowest BCUT2D eigenvalue weighted by molar-refractivity contribution is 0.207. The molecule has 0 fully saturated rings. The molecule has 0 saturated heterocycles. The van der Waals surface area contributed by atoms with Gasteiger partial charge in [-0.25, -0.2) is 4.39 Å². The van der Waals surface area contributed by atoms with Gasteiger partial charge in [0.2, 0.25) is 0 Å². The number of hydrogen-bond donors (Lipinski definition) is 1. The number of hydrogen-bond acceptors (Lipinski definition) is 1. The van der Waals surface area contributed by atoms with Crippen molar-refractivity contribution >= 4 is 0 Å². The van der Waals surface area contributed by atoms with Gasteiger partial charge in [-0.2, -0.15) is 0 Å². The molecule has 0 aliphatic carbocycles. The minimum Gasteiger partial charge on any atom is -0.389 e. The first-order valence-electron chi connectivity index (χ1n) is 3.07. The van der Waals surface area contributed by atoms with E-state index in [1.807, 2.05) is 0 Å². The summed E-state index contributed by atoms with van der Waals surface area (Å²) in [5, 5.41) is 8.87. The minimum absolute atomic E-state index is 0.454. The lowest BCUT2D eigenvalue weighted by Gasteiger charge is -2.09. The molecule has 2 heteroatoms. The van der Waals surface area contributed by atoms with E-state index in [2.05, 4.69) is 0 Å². The first-order valence-corrected chi connectivity index (χ1v) is 3.07. The highest BCUT2D eigenvalue weighted by Crippen LogP contribution is 2.09. The zero-order chi connectivity index (χ0) is 7.44. The predicted molar refractivity (Wildman–Crippen MR) is 36.0 cm³/mol. The van der Waals surface area contributed by atoms with Gasteiger partial charge < -0.3 is 5.11 Å². The van der Waals surface area contributed by atoms with Crippen LogP contribution in [0.1, 0.15) is 20.8 Å². The third-order valence-corrected chi connectivity index (χ3v) is 1.28. The minimum atomic E-state index is -1.03. The van der Waals surface area contributed by atoms with E-state index in [-0.39, 0.29) is 0 Å². The summed E-state index contributed by atoms with van der Waals surface area (Å²) in [7, 11) is 0. The summed E-state index contributed by atoms with van der Waals surface area (Å²) >= 11 is 0. The Bertz CT molecular complexity index is 95.5. The van der Waals surface area contributed by atoms with Crippen molar-refractivity contribution < 1.29 is 9.50 Å². The average molecular weight is 132 g/mol. The van der Waals surface area contributed by atoms with E-state index in [1.54, 1.807) is 19.9 Å². The van der Waals surface area contributed by atoms with Crippen LogP contribution in [0, 0.1) is 0 Å². The van der Waals surface area contributed by atoms with Crippen LogP contribution in [0.3, 0.4) is 0 Å². The van der Waals surface area contributed by atoms with E-state index >= 15 is 0 Å². The fraction of sp³-hybridized carbons (Fsp3) is 0.714. The third-order valence-electron chi connectivity index (χ3n) is 1.28. The van der Waals surface area contributed by atoms with Gasteiger partial charge in [0.15, 0.2) is 0 Å². The van der Waals surface area contributed by atoms with Gasteiger partial charge in [-0.1, -0.05) is 6.08 Å². The monoisotopic (exact) mass is 132 g/mol. The van der Waals surface area contributed by atoms with Crippen LogP contribution >= 0.6 is 0 Å². The molecule has 1 unspecified atom stereocenters. The standard InChI is InChI=1S/C7H13FO/c1-4-7(5(2)8)6(3)9/h4-6,9H,1-3H3/b7-4+/t5-,6?/m1/s1. The molecule has 0 rings (SSSR count). The van der Waals surface area contributed by atoms with E-state index in [1.165, 1.54) is 6.92 Å². The van der Waals surface area contributed by atoms with Crippen molar-refractivity contribution in [1.29, 1.82) is 0 Å². The Morgan fingerprint density at radius 2 is 2.00 bits per heavy atom. The number of rotatable bonds is 2. The van der Waals surface area contributed by atoms with Gasteiger partial charge in [0.25, 0.3) is 0 Å². The second-order valence-electron chi connectivity index (χ2n) is 2.08. The van der Waals surface area contributed by atoms with Crippen molar-refractivity contribution in [3.63, 3.8) is 0 Å². The van der Waals surface area contributed by atoms with Gasteiger partial charge >= 0.3 is 0 Å². The summed E-state index contributed by atoms with van der Waals surface area (Å²) in [6, 6.07) is 0. The summed E-state index contributed by atoms with van der Waals surface area (Å²) in [4.78, 5) is 0. The van der Waals surface area contributed by atoms with Crippen LogP contribution in [0.5, 0.6) is 0 Å². The molecule has 0 aromatic rings. The second kappa shape index (κ2) is 3.62. The number of aliphatic hydroxyl groups is 1. The third kappa shape index (κ3) is 2.61. The Kier molecular flexibility index (Phi) is 3.47. The van der Waals surface area contributed by atoms with Crippen LogP contribution in [-0.4, -0.2) is 17.4 Å². The van der Waals surface area contributed by atoms with Gasteiger partial charge in [-0.05, 0) is 26.3 Å². The molecule has 0 amide bonds. The Labute approximate surface area is 55.2 Å². The van der Waals surface area contributed by atoms with Crippen molar-refractivity contribution in [2.75, 3.05) is 0 Å². The highest BCUT2D eigenvalue weighted by molar-refractivity contribution is 5.09. The Morgan fingerprint density at radius 3 is 2.00 bits per heavy atom. The van der Waals surface area contributed by atoms with E-state index in [4.69, 9.17) is 5.11 Å². The van der Waals surface area contributed by atoms with Gasteiger partial charge in [0, 0.05) is 0 Å². The molecule has 2 atom stereocenters. The molecule has 1 nitrogen and oxygen atoms in total. The van der Waals surface area contributed by atoms with Gasteiger partial charge in [-0.15, -0.1) is 0 Å². The molecular weight excluding hydrogens is 119 g/mol. The fourth-order valence-corrected chi connectivity index (χ4v) is 0.803. The maximum Gasteiger partial charge on any atom is 0.121 e. The van der Waals surface area contributed by atoms with Crippen LogP contribution < -0.4 is 0 Å². The molecule has 0 aliphatic heterocycles. The Hall–Kier alpha value is -0.370. The smallest absolute Gasteiger partial charge is 0.121 e. The zero-order valence-corrected chi connectivity index (χ0v) is 6.06. The summed E-state index contributed by atoms with van der Waals surface area (Å²) < 4.78 is 12.4. The maximum absolute atomic E-state index is 12.4. The number of halogens is 1. The van der Waals surface area contributed by atoms with Crippen LogP contribution in [0.4, 0.5) is 4.39 Å². The SMILES string of the molecule is C/C=C(/C(C)O)[C@@H](C)F. The molecule has 0 spiro atoms. The predicted octanol–water partition coefficient (Wildman–Crippen LogP) is 1.67. The van der Waals surface area contributed by atoms with Gasteiger partial charge in [0.05, 0.1) is 6.10 Å². The maximum atomic E-state index is 12.4. The topological polar surface area (TPSA) is 20.2 Å². The zero-order valence-electron chi connectivity index (χ0n) is 6.06. The molecule has 0 bridgehead atoms. The molecule has 0 aromatic carbocycles. The lowest BCUT2D eigenvalue weighted by Crippen LogP contribution is -2.12. The average Bonchev–Trinajstić information content (AvgIpc) is 1.64. The first-order chi connectivity index (χ1) is 4.09. The summed E-state index contributed by atoms with van der Waals surface area (Å²) in [5.41, 5.74) is 0.454. The highest BCUT2D eigenvalue weighted by Gasteiger charge is 2.09. The highest BCUT2D eigenvalue weighted by atomic mass is 19.1. The molecule has 0 radical (unpaired) electrons. The largest absolute Gasteiger partial charge is 0.389 e. The van der Waals surface area contributed by atoms with E-state index in [0.717, 1.165) is 0 Å². The molecule has 0 saturated carbocycles. The number of aliphatic hydroxyl groups excluding tert-OH is 1. The van der Waals surface area contributed by atoms with E-state index in [0.29, 0.717) is 5.57 Å². The Balaban J connectivity index is 4.01. The normalized spacial score (nSPS) is 19.4. The molecule has 0 aromatic heterocycles. The summed E-state index contributed by atoms with van der Waals surface area (Å²) in [6.45, 7) is 4.70. The van der Waals surface area contributed by atoms with Gasteiger partial charge in [0.1, 0.15) is 6.17 Å². The van der Waals surface area contributed by atoms with E-state index < -0.39 is 12.3 Å². The van der Waals surface area contributed by atoms with E-state index in [9.17, 15) is 4.39 Å². The van der Waals surface area contributed by atoms with Gasteiger partial charge in [-0.3, -0.25) is 0 Å². The molecule has 0 aliphatic rings. The fourth-order valence-electron chi connectivity index (χ4n) is 0.803.